The van der Waals surface area contributed by atoms with Crippen molar-refractivity contribution in [3.05, 3.63) is 0 Å². The van der Waals surface area contributed by atoms with Crippen LogP contribution < -0.4 is 5.11 Å². The molecule has 0 bridgehead atoms. The van der Waals surface area contributed by atoms with Crippen molar-refractivity contribution in [1.82, 2.24) is 0 Å². The molecule has 2 heterocycles. The van der Waals surface area contributed by atoms with Crippen LogP contribution in [0.3, 0.4) is 0 Å². The molecule has 2 fully saturated rings. The van der Waals surface area contributed by atoms with E-state index < -0.39 is 74.6 Å². The molecular formula is C12H21O11-. The van der Waals surface area contributed by atoms with Gasteiger partial charge in [-0.05, 0) is 0 Å². The first-order valence-electron chi connectivity index (χ1n) is 7.06. The van der Waals surface area contributed by atoms with Crippen molar-refractivity contribution in [2.24, 2.45) is 0 Å². The second-order valence-electron chi connectivity index (χ2n) is 5.50. The molecule has 23 heavy (non-hydrogen) atoms. The summed E-state index contributed by atoms with van der Waals surface area (Å²) in [6.45, 7) is -1.39. The smallest absolute Gasteiger partial charge is 0.187 e. The molecule has 0 aromatic heterocycles. The van der Waals surface area contributed by atoms with Gasteiger partial charge in [0.2, 0.25) is 0 Å². The van der Waals surface area contributed by atoms with Gasteiger partial charge in [0.1, 0.15) is 42.7 Å². The first-order chi connectivity index (χ1) is 10.8. The van der Waals surface area contributed by atoms with E-state index in [1.807, 2.05) is 0 Å². The summed E-state index contributed by atoms with van der Waals surface area (Å²) in [4.78, 5) is 0. The van der Waals surface area contributed by atoms with E-state index in [1.54, 1.807) is 0 Å². The lowest BCUT2D eigenvalue weighted by molar-refractivity contribution is -0.536. The van der Waals surface area contributed by atoms with Crippen molar-refractivity contribution in [1.29, 1.82) is 0 Å². The molecule has 136 valence electrons. The van der Waals surface area contributed by atoms with Gasteiger partial charge in [0.15, 0.2) is 6.29 Å². The summed E-state index contributed by atoms with van der Waals surface area (Å²) < 4.78 is 14.9. The Labute approximate surface area is 130 Å². The molecule has 2 rings (SSSR count). The third-order valence-electron chi connectivity index (χ3n) is 3.96. The molecule has 0 spiro atoms. The minimum atomic E-state index is -2.01. The van der Waals surface area contributed by atoms with Gasteiger partial charge in [-0.15, -0.1) is 0 Å². The highest BCUT2D eigenvalue weighted by Gasteiger charge is 2.48. The Bertz CT molecular complexity index is 380. The summed E-state index contributed by atoms with van der Waals surface area (Å²) >= 11 is 0. The maximum Gasteiger partial charge on any atom is 0.187 e. The molecule has 0 aromatic rings. The zero-order chi connectivity index (χ0) is 17.3. The molecule has 0 unspecified atom stereocenters. The van der Waals surface area contributed by atoms with Crippen LogP contribution in [0, 0.1) is 0 Å². The van der Waals surface area contributed by atoms with Crippen LogP contribution in [0.1, 0.15) is 0 Å². The number of aliphatic hydroxyl groups excluding tert-OH is 7. The predicted molar refractivity (Wildman–Crippen MR) is 66.4 cm³/mol. The predicted octanol–water partition coefficient (Wildman–Crippen LogP) is -6.03. The van der Waals surface area contributed by atoms with E-state index in [9.17, 15) is 30.6 Å². The number of aliphatic hydroxyl groups is 7. The Balaban J connectivity index is 2.11. The van der Waals surface area contributed by atoms with Gasteiger partial charge >= 0.3 is 0 Å². The fourth-order valence-corrected chi connectivity index (χ4v) is 2.55. The Morgan fingerprint density at radius 2 is 1.30 bits per heavy atom. The SMILES string of the molecule is [O-][C@H]1O[C@H](CO)[C@@H](O)[C@H](O[C@H]2O[C@H](CO)[C@H](O)[C@H](O)[C@@H]2O)[C@@H]1O. The normalized spacial score (nSPS) is 51.7. The quantitative estimate of drug-likeness (QED) is 0.257. The first-order valence-corrected chi connectivity index (χ1v) is 7.06. The molecule has 11 heteroatoms. The largest absolute Gasteiger partial charge is 0.829 e. The van der Waals surface area contributed by atoms with Crippen LogP contribution in [0.4, 0.5) is 0 Å². The van der Waals surface area contributed by atoms with Crippen molar-refractivity contribution >= 4 is 0 Å². The highest BCUT2D eigenvalue weighted by atomic mass is 16.7. The van der Waals surface area contributed by atoms with E-state index in [4.69, 9.17) is 19.7 Å². The van der Waals surface area contributed by atoms with Crippen molar-refractivity contribution < 1.29 is 55.1 Å². The summed E-state index contributed by atoms with van der Waals surface area (Å²) in [5, 5.41) is 78.6. The lowest BCUT2D eigenvalue weighted by Crippen LogP contribution is -2.66. The summed E-state index contributed by atoms with van der Waals surface area (Å²) in [6.07, 6.45) is -16.3. The molecule has 7 N–H and O–H groups in total. The Morgan fingerprint density at radius 1 is 0.739 bits per heavy atom. The van der Waals surface area contributed by atoms with Gasteiger partial charge in [0.05, 0.1) is 19.3 Å². The number of hydrogen-bond acceptors (Lipinski definition) is 11. The van der Waals surface area contributed by atoms with Gasteiger partial charge in [0, 0.05) is 6.29 Å². The van der Waals surface area contributed by atoms with Gasteiger partial charge in [-0.3, -0.25) is 0 Å². The highest BCUT2D eigenvalue weighted by Crippen LogP contribution is 2.27. The van der Waals surface area contributed by atoms with Crippen LogP contribution in [0.15, 0.2) is 0 Å². The van der Waals surface area contributed by atoms with Crippen molar-refractivity contribution in [3.63, 3.8) is 0 Å². The number of ether oxygens (including phenoxy) is 3. The summed E-state index contributed by atoms with van der Waals surface area (Å²) in [5.74, 6) is 0. The Morgan fingerprint density at radius 3 is 1.87 bits per heavy atom. The molecule has 0 radical (unpaired) electrons. The van der Waals surface area contributed by atoms with Crippen LogP contribution in [-0.4, -0.2) is 110 Å². The van der Waals surface area contributed by atoms with Gasteiger partial charge < -0.3 is 55.1 Å². The maximum atomic E-state index is 11.6. The second kappa shape index (κ2) is 7.63. The number of rotatable bonds is 4. The summed E-state index contributed by atoms with van der Waals surface area (Å²) in [7, 11) is 0. The van der Waals surface area contributed by atoms with Crippen molar-refractivity contribution in [3.8, 4) is 0 Å². The van der Waals surface area contributed by atoms with E-state index in [-0.39, 0.29) is 0 Å². The van der Waals surface area contributed by atoms with E-state index in [0.717, 1.165) is 0 Å². The monoisotopic (exact) mass is 341 g/mol. The zero-order valence-electron chi connectivity index (χ0n) is 12.0. The van der Waals surface area contributed by atoms with Gasteiger partial charge in [-0.1, -0.05) is 0 Å². The minimum Gasteiger partial charge on any atom is -0.829 e. The molecule has 11 nitrogen and oxygen atoms in total. The van der Waals surface area contributed by atoms with Crippen LogP contribution in [0.2, 0.25) is 0 Å². The zero-order valence-corrected chi connectivity index (χ0v) is 12.0. The van der Waals surface area contributed by atoms with Crippen LogP contribution >= 0.6 is 0 Å². The van der Waals surface area contributed by atoms with Crippen LogP contribution in [-0.2, 0) is 14.2 Å². The molecule has 0 aromatic carbocycles. The molecule has 2 saturated heterocycles. The molecular weight excluding hydrogens is 320 g/mol. The lowest BCUT2D eigenvalue weighted by atomic mass is 9.97. The van der Waals surface area contributed by atoms with Crippen molar-refractivity contribution in [2.45, 2.75) is 61.4 Å². The Kier molecular flexibility index (Phi) is 6.27. The highest BCUT2D eigenvalue weighted by molar-refractivity contribution is 4.93. The molecule has 0 amide bonds. The second-order valence-corrected chi connectivity index (χ2v) is 5.50. The van der Waals surface area contributed by atoms with E-state index in [0.29, 0.717) is 0 Å². The minimum absolute atomic E-state index is 0.687. The molecule has 0 saturated carbocycles. The average Bonchev–Trinajstić information content (AvgIpc) is 2.54. The fourth-order valence-electron chi connectivity index (χ4n) is 2.55. The van der Waals surface area contributed by atoms with Gasteiger partial charge in [-0.2, -0.15) is 0 Å². The van der Waals surface area contributed by atoms with E-state index >= 15 is 0 Å². The molecule has 10 atom stereocenters. The summed E-state index contributed by atoms with van der Waals surface area (Å²) in [6, 6.07) is 0. The van der Waals surface area contributed by atoms with Crippen molar-refractivity contribution in [2.75, 3.05) is 13.2 Å². The van der Waals surface area contributed by atoms with E-state index in [1.165, 1.54) is 0 Å². The average molecular weight is 341 g/mol. The van der Waals surface area contributed by atoms with Crippen LogP contribution in [0.25, 0.3) is 0 Å². The fraction of sp³-hybridized carbons (Fsp3) is 1.00. The molecule has 2 aliphatic heterocycles. The third kappa shape index (κ3) is 3.65. The topological polar surface area (TPSA) is 192 Å². The van der Waals surface area contributed by atoms with Gasteiger partial charge in [0.25, 0.3) is 0 Å². The van der Waals surface area contributed by atoms with Crippen LogP contribution in [0.5, 0.6) is 0 Å². The molecule has 2 aliphatic rings. The van der Waals surface area contributed by atoms with E-state index in [2.05, 4.69) is 4.74 Å². The summed E-state index contributed by atoms with van der Waals surface area (Å²) in [5.41, 5.74) is 0. The molecule has 0 aliphatic carbocycles. The third-order valence-corrected chi connectivity index (χ3v) is 3.96. The lowest BCUT2D eigenvalue weighted by Gasteiger charge is -2.48. The standard InChI is InChI=1S/C12H21O11/c13-1-3-5(15)7(17)8(18)12(22-3)23-10-6(16)4(2-14)21-11(20)9(10)19/h3-19H,1-2H2/q-1/t3-,4-,5+,6-,7+,8+,9+,10+,11+,12-/m1/s1. The maximum absolute atomic E-state index is 11.6. The first kappa shape index (κ1) is 18.9. The van der Waals surface area contributed by atoms with Gasteiger partial charge in [-0.25, -0.2) is 0 Å². The number of hydrogen-bond donors (Lipinski definition) is 7. The Hall–Kier alpha value is -0.440.